The van der Waals surface area contributed by atoms with Crippen LogP contribution in [0.1, 0.15) is 6.92 Å². The Hall–Kier alpha value is -0.170. The molecule has 2 rings (SSSR count). The molecule has 0 saturated heterocycles. The normalized spacial score (nSPS) is 12.9. The molecular formula is C12H12Cl2INO2. The van der Waals surface area contributed by atoms with Crippen LogP contribution in [0.15, 0.2) is 12.3 Å². The van der Waals surface area contributed by atoms with E-state index in [0.29, 0.717) is 22.4 Å². The van der Waals surface area contributed by atoms with Crippen molar-refractivity contribution in [3.63, 3.8) is 0 Å². The van der Waals surface area contributed by atoms with E-state index in [-0.39, 0.29) is 12.5 Å². The Morgan fingerprint density at radius 3 is 2.89 bits per heavy atom. The molecule has 0 aliphatic rings. The molecule has 1 aromatic heterocycles. The summed E-state index contributed by atoms with van der Waals surface area (Å²) in [6, 6.07) is 1.71. The lowest BCUT2D eigenvalue weighted by Gasteiger charge is -2.13. The van der Waals surface area contributed by atoms with Gasteiger partial charge >= 0.3 is 0 Å². The van der Waals surface area contributed by atoms with Gasteiger partial charge in [0.2, 0.25) is 0 Å². The molecule has 6 heteroatoms. The Labute approximate surface area is 129 Å². The molecule has 0 saturated carbocycles. The Morgan fingerprint density at radius 1 is 1.50 bits per heavy atom. The predicted octanol–water partition coefficient (Wildman–Crippen LogP) is 4.09. The Kier molecular flexibility index (Phi) is 4.64. The molecule has 0 aliphatic carbocycles. The quantitative estimate of drug-likeness (QED) is 0.760. The van der Waals surface area contributed by atoms with Crippen LogP contribution >= 0.6 is 45.8 Å². The zero-order chi connectivity index (χ0) is 13.3. The highest BCUT2D eigenvalue weighted by Gasteiger charge is 2.15. The van der Waals surface area contributed by atoms with E-state index in [4.69, 9.17) is 33.0 Å². The molecule has 0 aliphatic heterocycles. The van der Waals surface area contributed by atoms with E-state index in [0.717, 1.165) is 14.5 Å². The van der Waals surface area contributed by atoms with Gasteiger partial charge in [0.15, 0.2) is 0 Å². The van der Waals surface area contributed by atoms with Gasteiger partial charge in [-0.2, -0.15) is 0 Å². The van der Waals surface area contributed by atoms with Gasteiger partial charge in [0.1, 0.15) is 5.75 Å². The molecule has 2 aromatic rings. The van der Waals surface area contributed by atoms with Crippen LogP contribution in [0, 0.1) is 9.49 Å². The fourth-order valence-electron chi connectivity index (χ4n) is 1.58. The molecule has 0 amide bonds. The summed E-state index contributed by atoms with van der Waals surface area (Å²) in [4.78, 5) is 3.09. The minimum atomic E-state index is 0.0751. The first-order chi connectivity index (χ1) is 8.54. The predicted molar refractivity (Wildman–Crippen MR) is 82.8 cm³/mol. The number of rotatable bonds is 4. The summed E-state index contributed by atoms with van der Waals surface area (Å²) in [5.74, 6) is 0.761. The lowest BCUT2D eigenvalue weighted by Crippen LogP contribution is -2.12. The van der Waals surface area contributed by atoms with Crippen molar-refractivity contribution in [1.29, 1.82) is 0 Å². The highest BCUT2D eigenvalue weighted by atomic mass is 127. The van der Waals surface area contributed by atoms with Crippen LogP contribution < -0.4 is 4.74 Å². The van der Waals surface area contributed by atoms with Crippen molar-refractivity contribution < 1.29 is 9.84 Å². The van der Waals surface area contributed by atoms with Gasteiger partial charge in [-0.1, -0.05) is 30.1 Å². The summed E-state index contributed by atoms with van der Waals surface area (Å²) < 4.78 is 6.74. The van der Waals surface area contributed by atoms with Crippen molar-refractivity contribution in [1.82, 2.24) is 4.98 Å². The summed E-state index contributed by atoms with van der Waals surface area (Å²) in [7, 11) is 0. The standard InChI is InChI=1S/C12H12Cl2INO2/c1-6(4-17)5-18-9-2-7(13)11(14)12-10(9)8(15)3-16-12/h2-3,6,16-17H,4-5H2,1H3. The summed E-state index contributed by atoms with van der Waals surface area (Å²) in [5.41, 5.74) is 0.778. The number of hydrogen-bond donors (Lipinski definition) is 2. The van der Waals surface area contributed by atoms with Crippen molar-refractivity contribution >= 4 is 56.7 Å². The van der Waals surface area contributed by atoms with Crippen LogP contribution in [0.2, 0.25) is 10.0 Å². The molecule has 1 atom stereocenters. The summed E-state index contributed by atoms with van der Waals surface area (Å²) >= 11 is 14.4. The first-order valence-corrected chi connectivity index (χ1v) is 7.26. The molecule has 1 unspecified atom stereocenters. The van der Waals surface area contributed by atoms with Crippen molar-refractivity contribution in [2.45, 2.75) is 6.92 Å². The maximum Gasteiger partial charge on any atom is 0.131 e. The lowest BCUT2D eigenvalue weighted by molar-refractivity contribution is 0.175. The number of halogens is 3. The third kappa shape index (κ3) is 2.71. The Morgan fingerprint density at radius 2 is 2.22 bits per heavy atom. The minimum absolute atomic E-state index is 0.0751. The molecule has 0 radical (unpaired) electrons. The van der Waals surface area contributed by atoms with Gasteiger partial charge < -0.3 is 14.8 Å². The molecule has 0 spiro atoms. The van der Waals surface area contributed by atoms with Gasteiger partial charge in [0.25, 0.3) is 0 Å². The van der Waals surface area contributed by atoms with Gasteiger partial charge in [0, 0.05) is 28.4 Å². The third-order valence-corrected chi connectivity index (χ3v) is 4.24. The van der Waals surface area contributed by atoms with E-state index in [9.17, 15) is 0 Å². The van der Waals surface area contributed by atoms with E-state index < -0.39 is 0 Å². The molecular weight excluding hydrogens is 388 g/mol. The Balaban J connectivity index is 2.43. The van der Waals surface area contributed by atoms with Crippen LogP contribution in [0.25, 0.3) is 10.9 Å². The molecule has 98 valence electrons. The largest absolute Gasteiger partial charge is 0.492 e. The minimum Gasteiger partial charge on any atom is -0.492 e. The van der Waals surface area contributed by atoms with Crippen LogP contribution in [0.5, 0.6) is 5.75 Å². The summed E-state index contributed by atoms with van der Waals surface area (Å²) in [6.07, 6.45) is 1.86. The molecule has 18 heavy (non-hydrogen) atoms. The molecule has 1 heterocycles. The second-order valence-corrected chi connectivity index (χ2v) is 6.10. The number of ether oxygens (including phenoxy) is 1. The van der Waals surface area contributed by atoms with E-state index >= 15 is 0 Å². The second-order valence-electron chi connectivity index (χ2n) is 4.16. The Bertz CT molecular complexity index is 571. The molecule has 3 nitrogen and oxygen atoms in total. The fourth-order valence-corrected chi connectivity index (χ4v) is 2.67. The van der Waals surface area contributed by atoms with Crippen LogP contribution in [-0.2, 0) is 0 Å². The summed E-state index contributed by atoms with van der Waals surface area (Å²) in [5, 5.41) is 10.9. The summed E-state index contributed by atoms with van der Waals surface area (Å²) in [6.45, 7) is 2.44. The molecule has 1 aromatic carbocycles. The maximum absolute atomic E-state index is 9.00. The van der Waals surface area contributed by atoms with E-state index in [2.05, 4.69) is 27.6 Å². The van der Waals surface area contributed by atoms with Crippen LogP contribution in [-0.4, -0.2) is 23.3 Å². The number of hydrogen-bond acceptors (Lipinski definition) is 2. The topological polar surface area (TPSA) is 45.2 Å². The molecule has 2 N–H and O–H groups in total. The van der Waals surface area contributed by atoms with Crippen LogP contribution in [0.3, 0.4) is 0 Å². The van der Waals surface area contributed by atoms with E-state index in [1.807, 2.05) is 13.1 Å². The number of aromatic amines is 1. The maximum atomic E-state index is 9.00. The van der Waals surface area contributed by atoms with E-state index in [1.165, 1.54) is 0 Å². The van der Waals surface area contributed by atoms with Gasteiger partial charge in [-0.05, 0) is 22.6 Å². The number of aliphatic hydroxyl groups excluding tert-OH is 1. The average molecular weight is 400 g/mol. The monoisotopic (exact) mass is 399 g/mol. The number of nitrogens with one attached hydrogen (secondary N) is 1. The number of benzene rings is 1. The van der Waals surface area contributed by atoms with Gasteiger partial charge in [-0.15, -0.1) is 0 Å². The number of aromatic nitrogens is 1. The van der Waals surface area contributed by atoms with Crippen molar-refractivity contribution in [3.8, 4) is 5.75 Å². The smallest absolute Gasteiger partial charge is 0.131 e. The van der Waals surface area contributed by atoms with Gasteiger partial charge in [-0.3, -0.25) is 0 Å². The number of aliphatic hydroxyl groups is 1. The van der Waals surface area contributed by atoms with E-state index in [1.54, 1.807) is 6.07 Å². The van der Waals surface area contributed by atoms with Crippen molar-refractivity contribution in [3.05, 3.63) is 25.9 Å². The van der Waals surface area contributed by atoms with Gasteiger partial charge in [0.05, 0.1) is 27.6 Å². The number of H-pyrrole nitrogens is 1. The number of fused-ring (bicyclic) bond motifs is 1. The highest BCUT2D eigenvalue weighted by Crippen LogP contribution is 2.39. The first kappa shape index (κ1) is 14.2. The zero-order valence-corrected chi connectivity index (χ0v) is 13.3. The highest BCUT2D eigenvalue weighted by molar-refractivity contribution is 14.1. The average Bonchev–Trinajstić information content (AvgIpc) is 2.74. The van der Waals surface area contributed by atoms with Gasteiger partial charge in [-0.25, -0.2) is 0 Å². The van der Waals surface area contributed by atoms with Crippen LogP contribution in [0.4, 0.5) is 0 Å². The SMILES string of the molecule is CC(CO)COc1cc(Cl)c(Cl)c2[nH]cc(I)c12. The van der Waals surface area contributed by atoms with Crippen molar-refractivity contribution in [2.24, 2.45) is 5.92 Å². The zero-order valence-electron chi connectivity index (χ0n) is 9.64. The third-order valence-electron chi connectivity index (χ3n) is 2.60. The van der Waals surface area contributed by atoms with Crippen molar-refractivity contribution in [2.75, 3.05) is 13.2 Å². The first-order valence-electron chi connectivity index (χ1n) is 5.42. The fraction of sp³-hybridized carbons (Fsp3) is 0.333. The second kappa shape index (κ2) is 5.86. The molecule has 0 fully saturated rings. The lowest BCUT2D eigenvalue weighted by atomic mass is 10.2. The molecule has 0 bridgehead atoms.